The zero-order chi connectivity index (χ0) is 4.69. The Bertz CT molecular complexity index is 72.2. The summed E-state index contributed by atoms with van der Waals surface area (Å²) in [7, 11) is 0. The molecule has 1 aliphatic heterocycles. The van der Waals surface area contributed by atoms with Crippen molar-refractivity contribution in [2.75, 3.05) is 13.2 Å². The minimum absolute atomic E-state index is 0.977. The molecule has 1 saturated heterocycles. The van der Waals surface area contributed by atoms with Crippen molar-refractivity contribution in [3.05, 3.63) is 5.92 Å². The van der Waals surface area contributed by atoms with E-state index in [9.17, 15) is 0 Å². The summed E-state index contributed by atoms with van der Waals surface area (Å²) in [5.41, 5.74) is 0. The van der Waals surface area contributed by atoms with E-state index in [4.69, 9.17) is 4.74 Å². The van der Waals surface area contributed by atoms with Crippen LogP contribution in [0.2, 0.25) is 0 Å². The van der Waals surface area contributed by atoms with E-state index in [0.29, 0.717) is 0 Å². The molecule has 2 aliphatic rings. The normalized spacial score (nSPS) is 32.6. The van der Waals surface area contributed by atoms with Crippen LogP contribution in [0.1, 0.15) is 12.8 Å². The number of hydrogen-bond donors (Lipinski definition) is 0. The first-order chi connectivity index (χ1) is 3.47. The first-order valence-corrected chi connectivity index (χ1v) is 2.89. The van der Waals surface area contributed by atoms with Gasteiger partial charge in [0.1, 0.15) is 0 Å². The minimum atomic E-state index is 0.977. The highest BCUT2D eigenvalue weighted by molar-refractivity contribution is 5.08. The lowest BCUT2D eigenvalue weighted by Gasteiger charge is -2.24. The molecule has 1 heterocycles. The first kappa shape index (κ1) is 3.90. The van der Waals surface area contributed by atoms with E-state index in [0.717, 1.165) is 19.1 Å². The highest BCUT2D eigenvalue weighted by atomic mass is 16.5. The zero-order valence-corrected chi connectivity index (χ0v) is 4.31. The predicted molar refractivity (Wildman–Crippen MR) is 26.8 cm³/mol. The Labute approximate surface area is 43.7 Å². The molecule has 0 amide bonds. The van der Waals surface area contributed by atoms with Crippen LogP contribution in [0.15, 0.2) is 0 Å². The summed E-state index contributed by atoms with van der Waals surface area (Å²) in [6.07, 6.45) is 2.89. The van der Waals surface area contributed by atoms with Gasteiger partial charge in [0.2, 0.25) is 0 Å². The molecule has 1 nitrogen and oxygen atoms in total. The maximum atomic E-state index is 5.00. The molecule has 1 aliphatic carbocycles. The lowest BCUT2D eigenvalue weighted by atomic mass is 10.0. The molecule has 7 heavy (non-hydrogen) atoms. The van der Waals surface area contributed by atoms with Gasteiger partial charge in [-0.3, -0.25) is 0 Å². The maximum absolute atomic E-state index is 5.00. The van der Waals surface area contributed by atoms with Crippen LogP contribution in [0.3, 0.4) is 0 Å². The van der Waals surface area contributed by atoms with E-state index < -0.39 is 0 Å². The Hall–Kier alpha value is -0.0400. The molecule has 0 aromatic heterocycles. The minimum Gasteiger partial charge on any atom is -0.380 e. The van der Waals surface area contributed by atoms with Crippen molar-refractivity contribution in [3.8, 4) is 0 Å². The van der Waals surface area contributed by atoms with E-state index in [-0.39, 0.29) is 0 Å². The van der Waals surface area contributed by atoms with Crippen LogP contribution in [0, 0.1) is 11.8 Å². The highest BCUT2D eigenvalue weighted by Crippen LogP contribution is 2.41. The van der Waals surface area contributed by atoms with Gasteiger partial charge in [0.15, 0.2) is 0 Å². The molecule has 1 radical (unpaired) electrons. The van der Waals surface area contributed by atoms with Crippen molar-refractivity contribution in [2.45, 2.75) is 12.8 Å². The van der Waals surface area contributed by atoms with Gasteiger partial charge in [-0.2, -0.15) is 0 Å². The van der Waals surface area contributed by atoms with Crippen LogP contribution in [0.25, 0.3) is 0 Å². The van der Waals surface area contributed by atoms with Gasteiger partial charge in [0.25, 0.3) is 0 Å². The van der Waals surface area contributed by atoms with Crippen LogP contribution in [0.4, 0.5) is 0 Å². The van der Waals surface area contributed by atoms with Gasteiger partial charge >= 0.3 is 0 Å². The molecule has 0 N–H and O–H groups in total. The highest BCUT2D eigenvalue weighted by Gasteiger charge is 2.36. The standard InChI is InChI=1S/C6H9O/c1-2-5(1)6-3-7-4-6/h5H,1-4H2. The zero-order valence-electron chi connectivity index (χ0n) is 4.31. The van der Waals surface area contributed by atoms with Crippen molar-refractivity contribution >= 4 is 0 Å². The summed E-state index contributed by atoms with van der Waals surface area (Å²) in [4.78, 5) is 0. The van der Waals surface area contributed by atoms with Crippen molar-refractivity contribution in [1.29, 1.82) is 0 Å². The first-order valence-electron chi connectivity index (χ1n) is 2.89. The summed E-state index contributed by atoms with van der Waals surface area (Å²) in [5, 5.41) is 0. The third-order valence-electron chi connectivity index (χ3n) is 1.73. The largest absolute Gasteiger partial charge is 0.380 e. The average Bonchev–Trinajstić information content (AvgIpc) is 2.10. The maximum Gasteiger partial charge on any atom is 0.0554 e. The van der Waals surface area contributed by atoms with Crippen molar-refractivity contribution < 1.29 is 4.74 Å². The van der Waals surface area contributed by atoms with Gasteiger partial charge in [0, 0.05) is 5.92 Å². The lowest BCUT2D eigenvalue weighted by Crippen LogP contribution is -2.26. The van der Waals surface area contributed by atoms with Crippen LogP contribution in [0.5, 0.6) is 0 Å². The monoisotopic (exact) mass is 97.1 g/mol. The third-order valence-corrected chi connectivity index (χ3v) is 1.73. The summed E-state index contributed by atoms with van der Waals surface area (Å²) in [6.45, 7) is 1.95. The Balaban J connectivity index is 1.83. The predicted octanol–water partition coefficient (Wildman–Crippen LogP) is 1.00. The molecule has 0 atom stereocenters. The van der Waals surface area contributed by atoms with Gasteiger partial charge in [-0.25, -0.2) is 0 Å². The Morgan fingerprint density at radius 1 is 1.29 bits per heavy atom. The molecule has 2 rings (SSSR count). The molecule has 0 unspecified atom stereocenters. The van der Waals surface area contributed by atoms with Crippen molar-refractivity contribution in [1.82, 2.24) is 0 Å². The lowest BCUT2D eigenvalue weighted by molar-refractivity contribution is 0.0547. The van der Waals surface area contributed by atoms with Gasteiger partial charge in [-0.05, 0) is 18.8 Å². The second-order valence-electron chi connectivity index (χ2n) is 2.43. The molecule has 0 aromatic carbocycles. The topological polar surface area (TPSA) is 9.23 Å². The second kappa shape index (κ2) is 1.22. The van der Waals surface area contributed by atoms with Gasteiger partial charge in [-0.15, -0.1) is 0 Å². The van der Waals surface area contributed by atoms with Crippen LogP contribution >= 0.6 is 0 Å². The third kappa shape index (κ3) is 0.556. The number of ether oxygens (including phenoxy) is 1. The SMILES string of the molecule is C1OC[C]1C1CC1. The van der Waals surface area contributed by atoms with Gasteiger partial charge < -0.3 is 4.74 Å². The Kier molecular flexibility index (Phi) is 0.680. The second-order valence-corrected chi connectivity index (χ2v) is 2.43. The fourth-order valence-electron chi connectivity index (χ4n) is 0.947. The summed E-state index contributed by atoms with van der Waals surface area (Å²) >= 11 is 0. The molecule has 1 saturated carbocycles. The Morgan fingerprint density at radius 3 is 2.14 bits per heavy atom. The van der Waals surface area contributed by atoms with Gasteiger partial charge in [-0.1, -0.05) is 0 Å². The van der Waals surface area contributed by atoms with E-state index in [2.05, 4.69) is 0 Å². The molecule has 0 spiro atoms. The van der Waals surface area contributed by atoms with Crippen LogP contribution in [-0.4, -0.2) is 13.2 Å². The smallest absolute Gasteiger partial charge is 0.0554 e. The van der Waals surface area contributed by atoms with Crippen molar-refractivity contribution in [2.24, 2.45) is 5.92 Å². The van der Waals surface area contributed by atoms with Gasteiger partial charge in [0.05, 0.1) is 13.2 Å². The molecule has 39 valence electrons. The van der Waals surface area contributed by atoms with E-state index in [1.54, 1.807) is 5.92 Å². The fraction of sp³-hybridized carbons (Fsp3) is 0.833. The number of hydrogen-bond acceptors (Lipinski definition) is 1. The quantitative estimate of drug-likeness (QED) is 0.474. The molecule has 2 fully saturated rings. The average molecular weight is 97.1 g/mol. The molecule has 0 aromatic rings. The van der Waals surface area contributed by atoms with Crippen LogP contribution < -0.4 is 0 Å². The van der Waals surface area contributed by atoms with E-state index in [1.165, 1.54) is 12.8 Å². The van der Waals surface area contributed by atoms with E-state index in [1.807, 2.05) is 0 Å². The summed E-state index contributed by atoms with van der Waals surface area (Å²) in [6, 6.07) is 0. The molecular formula is C6H9O. The summed E-state index contributed by atoms with van der Waals surface area (Å²) < 4.78 is 5.00. The van der Waals surface area contributed by atoms with Crippen LogP contribution in [-0.2, 0) is 4.74 Å². The molecule has 1 heteroatoms. The Morgan fingerprint density at radius 2 is 2.00 bits per heavy atom. The van der Waals surface area contributed by atoms with Crippen molar-refractivity contribution in [3.63, 3.8) is 0 Å². The molecule has 0 bridgehead atoms. The van der Waals surface area contributed by atoms with E-state index >= 15 is 0 Å². The molecular weight excluding hydrogens is 88.1 g/mol. The fourth-order valence-corrected chi connectivity index (χ4v) is 0.947. The summed E-state index contributed by atoms with van der Waals surface area (Å²) in [5.74, 6) is 2.66. The number of rotatable bonds is 1.